The van der Waals surface area contributed by atoms with Crippen LogP contribution in [-0.4, -0.2) is 24.2 Å². The number of fused-ring (bicyclic) bond motifs is 3. The summed E-state index contributed by atoms with van der Waals surface area (Å²) >= 11 is 0. The molecule has 0 radical (unpaired) electrons. The molecule has 0 atom stereocenters. The maximum Gasteiger partial charge on any atom is 0.220 e. The van der Waals surface area contributed by atoms with Crippen LogP contribution in [0.1, 0.15) is 296 Å². The van der Waals surface area contributed by atoms with E-state index in [4.69, 9.17) is 0 Å². The number of hydrogen-bond acceptors (Lipinski definition) is 0. The Morgan fingerprint density at radius 1 is 0.276 bits per heavy atom. The molecule has 0 spiro atoms. The smallest absolute Gasteiger partial charge is 0.200 e. The number of hydrogen-bond donors (Lipinski definition) is 0. The molecule has 0 amide bonds. The van der Waals surface area contributed by atoms with Crippen molar-refractivity contribution in [1.29, 1.82) is 0 Å². The van der Waals surface area contributed by atoms with Crippen LogP contribution >= 0.6 is 0 Å². The molecule has 6 heteroatoms. The first kappa shape index (κ1) is 80.2. The van der Waals surface area contributed by atoms with E-state index in [0.717, 1.165) is 73.5 Å². The van der Waals surface area contributed by atoms with E-state index < -0.39 is 24.2 Å². The molecular weight excluding hydrogens is 1320 g/mol. The van der Waals surface area contributed by atoms with E-state index in [0.29, 0.717) is 0 Å². The molecular formula is C99H142N3Si3+3. The van der Waals surface area contributed by atoms with Crippen LogP contribution in [0.25, 0.3) is 66.1 Å². The fourth-order valence-corrected chi connectivity index (χ4v) is 44.5. The summed E-state index contributed by atoms with van der Waals surface area (Å²) in [6.45, 7) is 53.8. The van der Waals surface area contributed by atoms with Gasteiger partial charge in [-0.1, -0.05) is 252 Å². The minimum atomic E-state index is -1.70. The second-order valence-corrected chi connectivity index (χ2v) is 54.9. The maximum absolute atomic E-state index is 2.64. The van der Waals surface area contributed by atoms with Gasteiger partial charge in [0.05, 0.1) is 51.5 Å². The van der Waals surface area contributed by atoms with Crippen molar-refractivity contribution in [3.05, 3.63) is 178 Å². The first-order valence-electron chi connectivity index (χ1n) is 42.6. The Hall–Kier alpha value is -5.80. The summed E-state index contributed by atoms with van der Waals surface area (Å²) < 4.78 is 7.08. The van der Waals surface area contributed by atoms with Gasteiger partial charge in [0.1, 0.15) is 21.1 Å². The molecule has 0 N–H and O–H groups in total. The fourth-order valence-electron chi connectivity index (χ4n) is 24.1. The minimum absolute atomic E-state index is 0.720. The second-order valence-electron chi connectivity index (χ2n) is 37.2. The third-order valence-electron chi connectivity index (χ3n) is 29.0. The van der Waals surface area contributed by atoms with E-state index in [1.807, 2.05) is 0 Å². The average molecular weight is 1460 g/mol. The van der Waals surface area contributed by atoms with Crippen LogP contribution in [0.4, 0.5) is 0 Å². The van der Waals surface area contributed by atoms with Gasteiger partial charge in [-0.3, -0.25) is 0 Å². The normalized spacial score (nSPS) is 16.2. The Balaban J connectivity index is 0.000000158. The molecule has 0 unspecified atom stereocenters. The predicted octanol–water partition coefficient (Wildman–Crippen LogP) is 26.5. The van der Waals surface area contributed by atoms with Crippen molar-refractivity contribution >= 4 is 72.1 Å². The number of aromatic nitrogens is 3. The average Bonchev–Trinajstić information content (AvgIpc) is 1.13. The van der Waals surface area contributed by atoms with Gasteiger partial charge < -0.3 is 0 Å². The van der Waals surface area contributed by atoms with Crippen molar-refractivity contribution < 1.29 is 13.7 Å². The lowest BCUT2D eigenvalue weighted by molar-refractivity contribution is -0.659. The molecule has 0 bridgehead atoms. The van der Waals surface area contributed by atoms with Crippen LogP contribution in [0.5, 0.6) is 0 Å². The van der Waals surface area contributed by atoms with Gasteiger partial charge >= 0.3 is 0 Å². The van der Waals surface area contributed by atoms with Crippen LogP contribution in [-0.2, 0) is 21.1 Å². The van der Waals surface area contributed by atoms with Crippen molar-refractivity contribution in [3.8, 4) is 33.8 Å². The molecule has 4 aliphatic carbocycles. The molecule has 0 saturated heterocycles. The lowest BCUT2D eigenvalue weighted by atomic mass is 9.84. The lowest BCUT2D eigenvalue weighted by Gasteiger charge is -2.43. The van der Waals surface area contributed by atoms with Gasteiger partial charge in [0.15, 0.2) is 18.6 Å². The van der Waals surface area contributed by atoms with Crippen LogP contribution in [0.15, 0.2) is 134 Å². The van der Waals surface area contributed by atoms with Crippen LogP contribution in [0.2, 0.25) is 49.9 Å². The molecule has 562 valence electrons. The Labute approximate surface area is 643 Å². The van der Waals surface area contributed by atoms with Gasteiger partial charge in [-0.15, -0.1) is 0 Å². The Kier molecular flexibility index (Phi) is 25.4. The molecule has 0 aliphatic heterocycles. The zero-order valence-electron chi connectivity index (χ0n) is 70.9. The van der Waals surface area contributed by atoms with Gasteiger partial charge in [0, 0.05) is 23.8 Å². The molecule has 6 aromatic carbocycles. The highest BCUT2D eigenvalue weighted by Gasteiger charge is 2.47. The molecule has 4 saturated carbocycles. The van der Waals surface area contributed by atoms with Crippen molar-refractivity contribution in [2.45, 2.75) is 329 Å². The lowest BCUT2D eigenvalue weighted by Crippen LogP contribution is -2.55. The standard InChI is InChI=1S/C36H52NSi.C32H46NSi.C31H44NSi/c1-24(2)38(25(3)4,26(5)6)32-17-18-33-30(21-32)19-20-37(8)36(33)35-23-31(28-13-9-10-14-28)22-34(27(35)7)29-15-11-12-16-29;1-21(2)34(22(3)4,23(5)6)29-14-15-30-27(19-29)16-17-33(9)32(30)31-20-28(18-24(7)25(31)8)26-12-10-11-13-26;1-21(2)33(22(3)4,23(5)6)28-15-16-29-27(19-28)17-18-32(8)31(29)30-20-26(14-13-24(30)7)25-11-9-10-12-25/h17-26,28-29H,9-16H2,1-8H3;14-23,26H,10-13H2,1-9H3;13-23,25H,9-12H2,1-8H3/q3*+1. The highest BCUT2D eigenvalue weighted by molar-refractivity contribution is 6.96. The number of aryl methyl sites for hydroxylation is 5. The molecule has 105 heavy (non-hydrogen) atoms. The number of nitrogens with zero attached hydrogens (tertiary/aromatic N) is 3. The number of rotatable bonds is 19. The predicted molar refractivity (Wildman–Crippen MR) is 468 cm³/mol. The third-order valence-corrected chi connectivity index (χ3v) is 50.1. The van der Waals surface area contributed by atoms with Crippen molar-refractivity contribution in [1.82, 2.24) is 0 Å². The van der Waals surface area contributed by atoms with Crippen LogP contribution in [0, 0.1) is 27.7 Å². The molecule has 13 rings (SSSR count). The summed E-state index contributed by atoms with van der Waals surface area (Å²) in [5.41, 5.74) is 27.0. The fraction of sp³-hybridized carbons (Fsp3) is 0.545. The van der Waals surface area contributed by atoms with E-state index in [9.17, 15) is 0 Å². The van der Waals surface area contributed by atoms with E-state index >= 15 is 0 Å². The maximum atomic E-state index is 2.64. The van der Waals surface area contributed by atoms with Gasteiger partial charge in [-0.25, -0.2) is 13.7 Å². The van der Waals surface area contributed by atoms with Gasteiger partial charge in [0.25, 0.3) is 0 Å². The molecule has 4 fully saturated rings. The van der Waals surface area contributed by atoms with Crippen LogP contribution in [0.3, 0.4) is 0 Å². The van der Waals surface area contributed by atoms with Gasteiger partial charge in [-0.05, 0) is 250 Å². The first-order valence-corrected chi connectivity index (χ1v) is 49.3. The Morgan fingerprint density at radius 3 is 0.895 bits per heavy atom. The highest BCUT2D eigenvalue weighted by Crippen LogP contribution is 2.49. The van der Waals surface area contributed by atoms with Crippen molar-refractivity contribution in [2.24, 2.45) is 21.1 Å². The third kappa shape index (κ3) is 15.1. The van der Waals surface area contributed by atoms with Crippen LogP contribution < -0.4 is 29.3 Å². The summed E-state index contributed by atoms with van der Waals surface area (Å²) in [6, 6.07) is 47.1. The van der Waals surface area contributed by atoms with Crippen molar-refractivity contribution in [3.63, 3.8) is 0 Å². The summed E-state index contributed by atoms with van der Waals surface area (Å²) in [5, 5.41) is 13.3. The first-order chi connectivity index (χ1) is 49.9. The van der Waals surface area contributed by atoms with E-state index in [1.165, 1.54) is 197 Å². The molecule has 3 heterocycles. The van der Waals surface area contributed by atoms with E-state index in [-0.39, 0.29) is 0 Å². The Morgan fingerprint density at radius 2 is 0.562 bits per heavy atom. The van der Waals surface area contributed by atoms with Gasteiger partial charge in [-0.2, -0.15) is 0 Å². The number of benzene rings is 6. The number of pyridine rings is 3. The largest absolute Gasteiger partial charge is 0.220 e. The summed E-state index contributed by atoms with van der Waals surface area (Å²) in [4.78, 5) is 0. The summed E-state index contributed by atoms with van der Waals surface area (Å²) in [6.07, 6.45) is 28.8. The molecule has 3 nitrogen and oxygen atoms in total. The molecule has 4 aliphatic rings. The van der Waals surface area contributed by atoms with Crippen molar-refractivity contribution in [2.75, 3.05) is 0 Å². The zero-order chi connectivity index (χ0) is 75.9. The quantitative estimate of drug-likeness (QED) is 0.0565. The summed E-state index contributed by atoms with van der Waals surface area (Å²) in [7, 11) is 1.62. The topological polar surface area (TPSA) is 11.6 Å². The highest BCUT2D eigenvalue weighted by atomic mass is 28.3. The summed E-state index contributed by atoms with van der Waals surface area (Å²) in [5.74, 6) is 2.97. The monoisotopic (exact) mass is 1460 g/mol. The zero-order valence-corrected chi connectivity index (χ0v) is 73.9. The molecule has 9 aromatic rings. The van der Waals surface area contributed by atoms with E-state index in [1.54, 1.807) is 32.3 Å². The second kappa shape index (κ2) is 33.2. The Bertz CT molecular complexity index is 4450. The van der Waals surface area contributed by atoms with Gasteiger partial charge in [0.2, 0.25) is 17.1 Å². The minimum Gasteiger partial charge on any atom is -0.200 e. The SMILES string of the molecule is Cc1c(-c2c3ccc([Si](C(C)C)(C(C)C)C(C)C)cc3cc[n+]2C)cc(C2CCCC2)cc1C1CCCC1.Cc1cc(C2CCCC2)cc(-c2c3ccc([Si](C(C)C)(C(C)C)C(C)C)cc3cc[n+]2C)c1C.Cc1ccc(C2CCCC2)cc1-c1c2ccc([Si](C(C)C)(C(C)C)C(C)C)cc2cc[n+]1C. The molecule has 3 aromatic heterocycles. The van der Waals surface area contributed by atoms with E-state index in [2.05, 4.69) is 321 Å².